The fourth-order valence-electron chi connectivity index (χ4n) is 1.34. The standard InChI is InChI=1S/C12H12N2O3S/c1-8-3-4-9(17-8)7-13-14-10-5-6-18-11(10)12(15)16-2/h3-7,14H,1-2H3/b13-7-. The van der Waals surface area contributed by atoms with Gasteiger partial charge in [-0.2, -0.15) is 5.10 Å². The van der Waals surface area contributed by atoms with E-state index in [1.54, 1.807) is 17.7 Å². The largest absolute Gasteiger partial charge is 0.465 e. The Bertz CT molecular complexity index is 571. The highest BCUT2D eigenvalue weighted by molar-refractivity contribution is 7.12. The van der Waals surface area contributed by atoms with Gasteiger partial charge in [-0.05, 0) is 30.5 Å². The highest BCUT2D eigenvalue weighted by Gasteiger charge is 2.12. The molecule has 0 aliphatic rings. The summed E-state index contributed by atoms with van der Waals surface area (Å²) in [5, 5.41) is 5.80. The zero-order valence-electron chi connectivity index (χ0n) is 9.97. The van der Waals surface area contributed by atoms with Crippen LogP contribution < -0.4 is 5.43 Å². The molecule has 0 saturated heterocycles. The summed E-state index contributed by atoms with van der Waals surface area (Å²) < 4.78 is 9.99. The average Bonchev–Trinajstić information content (AvgIpc) is 2.98. The number of thiophene rings is 1. The molecule has 0 unspecified atom stereocenters. The number of esters is 1. The van der Waals surface area contributed by atoms with Crippen molar-refractivity contribution in [3.05, 3.63) is 40.0 Å². The summed E-state index contributed by atoms with van der Waals surface area (Å²) in [5.74, 6) is 1.09. The Balaban J connectivity index is 2.04. The summed E-state index contributed by atoms with van der Waals surface area (Å²) in [5.41, 5.74) is 3.40. The molecule has 0 aliphatic carbocycles. The average molecular weight is 264 g/mol. The van der Waals surface area contributed by atoms with Gasteiger partial charge in [0.05, 0.1) is 19.0 Å². The Morgan fingerprint density at radius 3 is 3.00 bits per heavy atom. The van der Waals surface area contributed by atoms with Crippen molar-refractivity contribution < 1.29 is 13.9 Å². The van der Waals surface area contributed by atoms with Crippen LogP contribution in [0.25, 0.3) is 0 Å². The van der Waals surface area contributed by atoms with Gasteiger partial charge in [-0.1, -0.05) is 0 Å². The predicted octanol–water partition coefficient (Wildman–Crippen LogP) is 2.88. The number of anilines is 1. The molecule has 0 fully saturated rings. The maximum absolute atomic E-state index is 11.4. The maximum atomic E-state index is 11.4. The molecule has 2 aromatic rings. The molecule has 1 N–H and O–H groups in total. The summed E-state index contributed by atoms with van der Waals surface area (Å²) in [4.78, 5) is 11.9. The van der Waals surface area contributed by atoms with Crippen molar-refractivity contribution in [2.45, 2.75) is 6.92 Å². The first kappa shape index (κ1) is 12.4. The van der Waals surface area contributed by atoms with Crippen molar-refractivity contribution in [3.63, 3.8) is 0 Å². The Labute approximate surface area is 108 Å². The van der Waals surface area contributed by atoms with Crippen LogP contribution in [0.5, 0.6) is 0 Å². The molecule has 0 aromatic carbocycles. The summed E-state index contributed by atoms with van der Waals surface area (Å²) in [6.07, 6.45) is 1.55. The maximum Gasteiger partial charge on any atom is 0.350 e. The molecule has 94 valence electrons. The van der Waals surface area contributed by atoms with E-state index in [9.17, 15) is 4.79 Å². The number of hydrogen-bond acceptors (Lipinski definition) is 6. The molecule has 0 amide bonds. The number of carbonyl (C=O) groups excluding carboxylic acids is 1. The van der Waals surface area contributed by atoms with Gasteiger partial charge in [0.15, 0.2) is 0 Å². The smallest absolute Gasteiger partial charge is 0.350 e. The molecule has 18 heavy (non-hydrogen) atoms. The second kappa shape index (κ2) is 5.50. The molecule has 6 heteroatoms. The van der Waals surface area contributed by atoms with Gasteiger partial charge in [0, 0.05) is 0 Å². The SMILES string of the molecule is COC(=O)c1sccc1N/N=C\c1ccc(C)o1. The van der Waals surface area contributed by atoms with Crippen molar-refractivity contribution in [1.82, 2.24) is 0 Å². The predicted molar refractivity (Wildman–Crippen MR) is 70.3 cm³/mol. The molecular weight excluding hydrogens is 252 g/mol. The molecule has 0 atom stereocenters. The monoisotopic (exact) mass is 264 g/mol. The Morgan fingerprint density at radius 2 is 2.33 bits per heavy atom. The van der Waals surface area contributed by atoms with Crippen LogP contribution >= 0.6 is 11.3 Å². The van der Waals surface area contributed by atoms with Gasteiger partial charge >= 0.3 is 5.97 Å². The number of carbonyl (C=O) groups is 1. The molecule has 0 bridgehead atoms. The number of methoxy groups -OCH3 is 1. The van der Waals surface area contributed by atoms with Crippen molar-refractivity contribution in [3.8, 4) is 0 Å². The third-order valence-electron chi connectivity index (χ3n) is 2.17. The summed E-state index contributed by atoms with van der Waals surface area (Å²) in [6.45, 7) is 1.86. The van der Waals surface area contributed by atoms with Crippen molar-refractivity contribution in [2.75, 3.05) is 12.5 Å². The Kier molecular flexibility index (Phi) is 3.78. The molecule has 0 aliphatic heterocycles. The fourth-order valence-corrected chi connectivity index (χ4v) is 2.10. The first-order valence-corrected chi connectivity index (χ1v) is 6.10. The quantitative estimate of drug-likeness (QED) is 0.524. The van der Waals surface area contributed by atoms with Crippen LogP contribution in [0.15, 0.2) is 33.1 Å². The highest BCUT2D eigenvalue weighted by atomic mass is 32.1. The number of hydrazone groups is 1. The fraction of sp³-hybridized carbons (Fsp3) is 0.167. The van der Waals surface area contributed by atoms with Crippen LogP contribution in [0.2, 0.25) is 0 Å². The van der Waals surface area contributed by atoms with E-state index < -0.39 is 0 Å². The van der Waals surface area contributed by atoms with Crippen LogP contribution in [0.3, 0.4) is 0 Å². The lowest BCUT2D eigenvalue weighted by molar-refractivity contribution is 0.0607. The Morgan fingerprint density at radius 1 is 1.50 bits per heavy atom. The lowest BCUT2D eigenvalue weighted by Gasteiger charge is -2.00. The van der Waals surface area contributed by atoms with E-state index >= 15 is 0 Å². The van der Waals surface area contributed by atoms with Gasteiger partial charge < -0.3 is 9.15 Å². The van der Waals surface area contributed by atoms with Gasteiger partial charge in [0.1, 0.15) is 16.4 Å². The first-order valence-electron chi connectivity index (χ1n) is 5.22. The summed E-state index contributed by atoms with van der Waals surface area (Å²) in [7, 11) is 1.35. The summed E-state index contributed by atoms with van der Waals surface area (Å²) >= 11 is 1.30. The van der Waals surface area contributed by atoms with E-state index in [0.29, 0.717) is 16.3 Å². The number of furan rings is 1. The van der Waals surface area contributed by atoms with E-state index in [-0.39, 0.29) is 5.97 Å². The lowest BCUT2D eigenvalue weighted by Crippen LogP contribution is -2.01. The van der Waals surface area contributed by atoms with Crippen LogP contribution in [-0.4, -0.2) is 19.3 Å². The topological polar surface area (TPSA) is 63.8 Å². The first-order chi connectivity index (χ1) is 8.70. The third kappa shape index (κ3) is 2.78. The van der Waals surface area contributed by atoms with E-state index in [2.05, 4.69) is 15.3 Å². The zero-order valence-corrected chi connectivity index (χ0v) is 10.8. The van der Waals surface area contributed by atoms with Gasteiger partial charge in [0.25, 0.3) is 0 Å². The number of rotatable bonds is 4. The zero-order chi connectivity index (χ0) is 13.0. The minimum Gasteiger partial charge on any atom is -0.465 e. The number of nitrogens with zero attached hydrogens (tertiary/aromatic N) is 1. The molecule has 2 rings (SSSR count). The number of ether oxygens (including phenoxy) is 1. The molecule has 2 heterocycles. The van der Waals surface area contributed by atoms with Crippen molar-refractivity contribution in [1.29, 1.82) is 0 Å². The minimum absolute atomic E-state index is 0.378. The van der Waals surface area contributed by atoms with E-state index in [4.69, 9.17) is 4.42 Å². The van der Waals surface area contributed by atoms with Gasteiger partial charge in [-0.25, -0.2) is 4.79 Å². The number of nitrogens with one attached hydrogen (secondary N) is 1. The van der Waals surface area contributed by atoms with Gasteiger partial charge in [0.2, 0.25) is 0 Å². The normalized spacial score (nSPS) is 10.8. The lowest BCUT2D eigenvalue weighted by atomic mass is 10.4. The number of aryl methyl sites for hydroxylation is 1. The van der Waals surface area contributed by atoms with Crippen LogP contribution in [-0.2, 0) is 4.74 Å². The van der Waals surface area contributed by atoms with Crippen LogP contribution in [0.1, 0.15) is 21.2 Å². The molecule has 0 saturated carbocycles. The van der Waals surface area contributed by atoms with E-state index in [1.165, 1.54) is 18.4 Å². The van der Waals surface area contributed by atoms with E-state index in [1.807, 2.05) is 19.1 Å². The second-order valence-electron chi connectivity index (χ2n) is 3.47. The molecule has 2 aromatic heterocycles. The Hall–Kier alpha value is -2.08. The molecular formula is C12H12N2O3S. The summed E-state index contributed by atoms with van der Waals surface area (Å²) in [6, 6.07) is 5.43. The van der Waals surface area contributed by atoms with Crippen LogP contribution in [0, 0.1) is 6.92 Å². The van der Waals surface area contributed by atoms with Crippen molar-refractivity contribution >= 4 is 29.2 Å². The molecule has 5 nitrogen and oxygen atoms in total. The van der Waals surface area contributed by atoms with E-state index in [0.717, 1.165) is 5.76 Å². The minimum atomic E-state index is -0.378. The van der Waals surface area contributed by atoms with Crippen LogP contribution in [0.4, 0.5) is 5.69 Å². The van der Waals surface area contributed by atoms with Gasteiger partial charge in [-0.3, -0.25) is 5.43 Å². The third-order valence-corrected chi connectivity index (χ3v) is 3.07. The second-order valence-corrected chi connectivity index (χ2v) is 4.39. The highest BCUT2D eigenvalue weighted by Crippen LogP contribution is 2.22. The molecule has 0 spiro atoms. The van der Waals surface area contributed by atoms with Crippen molar-refractivity contribution in [2.24, 2.45) is 5.10 Å². The molecule has 0 radical (unpaired) electrons. The van der Waals surface area contributed by atoms with Gasteiger partial charge in [-0.15, -0.1) is 11.3 Å². The number of hydrogen-bond donors (Lipinski definition) is 1.